The molecule has 3 aliphatic rings. The van der Waals surface area contributed by atoms with Crippen molar-refractivity contribution in [3.05, 3.63) is 82.7 Å². The van der Waals surface area contributed by atoms with Crippen LogP contribution in [-0.2, 0) is 60.8 Å². The van der Waals surface area contributed by atoms with Gasteiger partial charge < -0.3 is 63.8 Å². The summed E-state index contributed by atoms with van der Waals surface area (Å²) in [4.78, 5) is 147. The average Bonchev–Trinajstić information content (AvgIpc) is 1.82. The summed E-state index contributed by atoms with van der Waals surface area (Å²) >= 11 is 0. The van der Waals surface area contributed by atoms with Gasteiger partial charge in [-0.25, -0.2) is 22.0 Å². The molecule has 22 nitrogen and oxygen atoms in total. The maximum Gasteiger partial charge on any atom is 0.246 e. The van der Waals surface area contributed by atoms with Crippen LogP contribution in [0.15, 0.2) is 42.5 Å². The van der Waals surface area contributed by atoms with Crippen LogP contribution < -0.4 is 54.0 Å². The zero-order valence-corrected chi connectivity index (χ0v) is 55.8. The summed E-state index contributed by atoms with van der Waals surface area (Å²) < 4.78 is 75.0. The Morgan fingerprint density at radius 3 is 1.29 bits per heavy atom. The van der Waals surface area contributed by atoms with Gasteiger partial charge >= 0.3 is 0 Å². The number of nitrogens with two attached hydrogens (primary N) is 2. The van der Waals surface area contributed by atoms with Crippen LogP contribution >= 0.6 is 0 Å². The highest BCUT2D eigenvalue weighted by Crippen LogP contribution is 2.29. The molecule has 0 spiro atoms. The van der Waals surface area contributed by atoms with Crippen LogP contribution in [0.2, 0.25) is 0 Å². The lowest BCUT2D eigenvalue weighted by Crippen LogP contribution is -2.57. The number of hydrogen-bond acceptors (Lipinski definition) is 12. The largest absolute Gasteiger partial charge is 0.354 e. The Kier molecular flexibility index (Phi) is 28.7. The Labute approximate surface area is 552 Å². The fraction of sp³-hybridized carbons (Fsp3) is 0.618. The van der Waals surface area contributed by atoms with Gasteiger partial charge in [0.05, 0.1) is 11.8 Å². The summed E-state index contributed by atoms with van der Waals surface area (Å²) in [5.74, 6) is -22.4. The topological polar surface area (TPSA) is 325 Å². The van der Waals surface area contributed by atoms with E-state index in [2.05, 4.69) is 42.5 Å². The van der Waals surface area contributed by atoms with E-state index in [1.165, 1.54) is 4.90 Å². The zero-order valence-electron chi connectivity index (χ0n) is 55.8. The Bertz CT molecular complexity index is 3200. The number of carbonyl (C=O) groups is 10. The maximum absolute atomic E-state index is 15.5. The molecular weight excluding hydrogens is 1240 g/mol. The molecule has 3 aromatic rings. The van der Waals surface area contributed by atoms with Crippen LogP contribution in [0.25, 0.3) is 10.8 Å². The van der Waals surface area contributed by atoms with Crippen molar-refractivity contribution in [3.8, 4) is 0 Å². The van der Waals surface area contributed by atoms with Gasteiger partial charge in [0, 0.05) is 69.5 Å². The van der Waals surface area contributed by atoms with E-state index in [9.17, 15) is 56.3 Å². The van der Waals surface area contributed by atoms with E-state index in [-0.39, 0.29) is 122 Å². The van der Waals surface area contributed by atoms with Crippen molar-refractivity contribution in [2.24, 2.45) is 47.0 Å². The van der Waals surface area contributed by atoms with Gasteiger partial charge in [0.25, 0.3) is 0 Å². The second-order valence-corrected chi connectivity index (χ2v) is 27.0. The Balaban J connectivity index is 1.38. The fourth-order valence-electron chi connectivity index (χ4n) is 12.8. The lowest BCUT2D eigenvalue weighted by atomic mass is 9.93. The number of nitrogens with one attached hydrogen (secondary N) is 8. The van der Waals surface area contributed by atoms with Crippen LogP contribution in [0.4, 0.5) is 22.0 Å². The molecule has 3 aromatic carbocycles. The predicted molar refractivity (Wildman–Crippen MR) is 346 cm³/mol. The summed E-state index contributed by atoms with van der Waals surface area (Å²) in [6.45, 7) is 13.7. The number of rotatable bonds is 16. The van der Waals surface area contributed by atoms with E-state index >= 15 is 13.6 Å². The fourth-order valence-corrected chi connectivity index (χ4v) is 12.8. The molecule has 0 saturated carbocycles. The van der Waals surface area contributed by atoms with E-state index < -0.39 is 179 Å². The number of amides is 10. The molecule has 3 heterocycles. The van der Waals surface area contributed by atoms with Gasteiger partial charge in [-0.3, -0.25) is 47.9 Å². The van der Waals surface area contributed by atoms with Crippen LogP contribution in [0, 0.1) is 64.6 Å². The molecule has 3 fully saturated rings. The van der Waals surface area contributed by atoms with Crippen molar-refractivity contribution >= 4 is 69.8 Å². The van der Waals surface area contributed by atoms with E-state index in [4.69, 9.17) is 11.5 Å². The highest BCUT2D eigenvalue weighted by molar-refractivity contribution is 5.96. The lowest BCUT2D eigenvalue weighted by molar-refractivity contribution is -0.142. The number of hydrogen-bond donors (Lipinski definition) is 10. The van der Waals surface area contributed by atoms with Gasteiger partial charge in [0.1, 0.15) is 36.3 Å². The molecule has 0 bridgehead atoms. The second kappa shape index (κ2) is 35.8. The van der Waals surface area contributed by atoms with E-state index in [0.29, 0.717) is 12.0 Å². The smallest absolute Gasteiger partial charge is 0.246 e. The van der Waals surface area contributed by atoms with E-state index in [1.807, 2.05) is 70.2 Å². The molecule has 10 amide bonds. The minimum atomic E-state index is -2.46. The SMILES string of the molecule is CC(C)C[C@H]1CC(=O)N[C@H](CCCN)C(=O)NC[C@@H](C(C)C)C(=O)N[C@H](Cc2c(F)c(F)c(F)c(F)c2F)C(=O)N2CCC[C@H]2C(=O)N[C@@H](CC(C)C)CC(=O)N[C@H](CCCN)C(=O)NC[C@@H](C(C)C)C(=O)N[C@H](Cc2ccc3ccccc3c2)C(=O)N2CCC[C@H]2C(=O)N1. The first kappa shape index (κ1) is 76.2. The number of nitrogens with zero attached hydrogens (tertiary/aromatic N) is 2. The lowest BCUT2D eigenvalue weighted by Gasteiger charge is -2.32. The van der Waals surface area contributed by atoms with Gasteiger partial charge in [-0.2, -0.15) is 0 Å². The minimum absolute atomic E-state index is 0.00788. The van der Waals surface area contributed by atoms with Crippen molar-refractivity contribution in [1.82, 2.24) is 52.3 Å². The second-order valence-electron chi connectivity index (χ2n) is 27.0. The van der Waals surface area contributed by atoms with Crippen molar-refractivity contribution < 1.29 is 69.9 Å². The van der Waals surface area contributed by atoms with Gasteiger partial charge in [-0.1, -0.05) is 97.9 Å². The van der Waals surface area contributed by atoms with Gasteiger partial charge in [-0.15, -0.1) is 0 Å². The Hall–Kier alpha value is -7.81. The van der Waals surface area contributed by atoms with Gasteiger partial charge in [-0.05, 0) is 117 Å². The highest BCUT2D eigenvalue weighted by Gasteiger charge is 2.43. The molecule has 27 heteroatoms. The third kappa shape index (κ3) is 21.1. The van der Waals surface area contributed by atoms with Crippen LogP contribution in [0.1, 0.15) is 144 Å². The Morgan fingerprint density at radius 2 is 0.884 bits per heavy atom. The number of benzene rings is 3. The molecule has 0 aliphatic carbocycles. The van der Waals surface area contributed by atoms with Crippen LogP contribution in [-0.4, -0.2) is 156 Å². The summed E-state index contributed by atoms with van der Waals surface area (Å²) in [6.07, 6.45) is -0.00854. The monoisotopic (exact) mass is 1340 g/mol. The third-order valence-corrected chi connectivity index (χ3v) is 17.9. The first-order valence-electron chi connectivity index (χ1n) is 33.4. The number of halogens is 5. The molecule has 6 rings (SSSR count). The van der Waals surface area contributed by atoms with Crippen molar-refractivity contribution in [1.29, 1.82) is 0 Å². The third-order valence-electron chi connectivity index (χ3n) is 17.9. The molecule has 524 valence electrons. The molecule has 0 unspecified atom stereocenters. The van der Waals surface area contributed by atoms with Gasteiger partial charge in [0.2, 0.25) is 64.9 Å². The number of fused-ring (bicyclic) bond motifs is 3. The van der Waals surface area contributed by atoms with Crippen molar-refractivity contribution in [2.75, 3.05) is 39.3 Å². The summed E-state index contributed by atoms with van der Waals surface area (Å²) in [5, 5.41) is 24.1. The normalized spacial score (nSPS) is 25.2. The van der Waals surface area contributed by atoms with Gasteiger partial charge in [0.15, 0.2) is 23.3 Å². The first-order chi connectivity index (χ1) is 45.0. The summed E-state index contributed by atoms with van der Waals surface area (Å²) in [7, 11) is 0. The average molecular weight is 1340 g/mol. The summed E-state index contributed by atoms with van der Waals surface area (Å²) in [6, 6.07) is 3.51. The predicted octanol–water partition coefficient (Wildman–Crippen LogP) is 4.35. The quantitative estimate of drug-likeness (QED) is 0.0544. The first-order valence-corrected chi connectivity index (χ1v) is 33.4. The molecule has 0 aromatic heterocycles. The Morgan fingerprint density at radius 1 is 0.474 bits per heavy atom. The van der Waals surface area contributed by atoms with E-state index in [1.54, 1.807) is 27.7 Å². The minimum Gasteiger partial charge on any atom is -0.354 e. The molecule has 12 N–H and O–H groups in total. The number of carbonyl (C=O) groups excluding carboxylic acids is 10. The molecule has 95 heavy (non-hydrogen) atoms. The molecule has 0 radical (unpaired) electrons. The van der Waals surface area contributed by atoms with Crippen LogP contribution in [0.3, 0.4) is 0 Å². The van der Waals surface area contributed by atoms with Crippen LogP contribution in [0.5, 0.6) is 0 Å². The molecule has 10 atom stereocenters. The summed E-state index contributed by atoms with van der Waals surface area (Å²) in [5.41, 5.74) is 11.0. The maximum atomic E-state index is 15.5. The highest BCUT2D eigenvalue weighted by atomic mass is 19.2. The molecule has 3 saturated heterocycles. The van der Waals surface area contributed by atoms with E-state index in [0.717, 1.165) is 15.7 Å². The van der Waals surface area contributed by atoms with Crippen molar-refractivity contribution in [3.63, 3.8) is 0 Å². The zero-order chi connectivity index (χ0) is 70.0. The van der Waals surface area contributed by atoms with Crippen molar-refractivity contribution in [2.45, 2.75) is 194 Å². The standard InChI is InChI=1S/C68H97F5N12O10/c1-36(2)27-43-31-54(86)81-49(18-12-24-75)64(91)77-35-47(39(7)8)62(89)83-51(33-45-56(69)58(71)60(73)59(72)57(45)70)68(95)85-26-14-20-53(85)66(93)79-44(28-37(3)4)32-55(87)80-48(17-11-23-74)63(90)76-34-46(38(5)6)61(88)82-50(67(94)84-25-13-19-52(84)65(92)78-43)30-40-21-22-41-15-9-10-16-42(41)29-40/h9-10,15-16,21-22,29,36-39,43-44,46-53H,11-14,17-20,23-28,30-35,74-75H2,1-8H3,(H,76,90)(H,77,91)(H,78,92)(H,79,93)(H,80,87)(H,81,86)(H,82,88)(H,83,89)/t43-,44-,46-,47-,48+,49+,50+,51+,52-,53-/m0/s1. The molecular formula is C68H97F5N12O10. The molecule has 3 aliphatic heterocycles.